The first-order chi connectivity index (χ1) is 9.14. The number of hydrogen-bond acceptors (Lipinski definition) is 3. The summed E-state index contributed by atoms with van der Waals surface area (Å²) in [5.74, 6) is -0.740. The van der Waals surface area contributed by atoms with Gasteiger partial charge in [-0.1, -0.05) is 19.3 Å². The van der Waals surface area contributed by atoms with E-state index in [0.29, 0.717) is 19.4 Å². The molecule has 1 aliphatic heterocycles. The Kier molecular flexibility index (Phi) is 4.80. The number of carboxylic acids is 1. The molecule has 1 aliphatic carbocycles. The van der Waals surface area contributed by atoms with Crippen LogP contribution in [0.3, 0.4) is 0 Å². The number of rotatable bonds is 4. The Morgan fingerprint density at radius 1 is 1.21 bits per heavy atom. The van der Waals surface area contributed by atoms with E-state index in [1.54, 1.807) is 0 Å². The third kappa shape index (κ3) is 3.47. The predicted molar refractivity (Wildman–Crippen MR) is 71.8 cm³/mol. The van der Waals surface area contributed by atoms with Crippen molar-refractivity contribution in [3.05, 3.63) is 0 Å². The van der Waals surface area contributed by atoms with Gasteiger partial charge in [-0.3, -0.25) is 9.59 Å². The first kappa shape index (κ1) is 14.3. The summed E-state index contributed by atoms with van der Waals surface area (Å²) in [5, 5.41) is 15.5. The minimum Gasteiger partial charge on any atom is -0.481 e. The first-order valence-corrected chi connectivity index (χ1v) is 7.36. The molecule has 0 spiro atoms. The normalized spacial score (nSPS) is 26.6. The molecule has 1 atom stereocenters. The van der Waals surface area contributed by atoms with Crippen molar-refractivity contribution in [2.45, 2.75) is 44.9 Å². The average molecular weight is 268 g/mol. The van der Waals surface area contributed by atoms with Crippen molar-refractivity contribution in [1.82, 2.24) is 10.6 Å². The van der Waals surface area contributed by atoms with E-state index < -0.39 is 11.4 Å². The van der Waals surface area contributed by atoms with Gasteiger partial charge in [0.2, 0.25) is 5.91 Å². The van der Waals surface area contributed by atoms with Gasteiger partial charge in [0.05, 0.1) is 11.3 Å². The largest absolute Gasteiger partial charge is 0.481 e. The van der Waals surface area contributed by atoms with Crippen LogP contribution >= 0.6 is 0 Å². The molecule has 108 valence electrons. The van der Waals surface area contributed by atoms with Gasteiger partial charge in [0.25, 0.3) is 0 Å². The lowest BCUT2D eigenvalue weighted by atomic mass is 9.74. The quantitative estimate of drug-likeness (QED) is 0.714. The number of carbonyl (C=O) groups is 2. The topological polar surface area (TPSA) is 78.4 Å². The third-order valence-corrected chi connectivity index (χ3v) is 4.53. The Morgan fingerprint density at radius 2 is 1.95 bits per heavy atom. The minimum absolute atomic E-state index is 0.00295. The maximum atomic E-state index is 12.1. The highest BCUT2D eigenvalue weighted by atomic mass is 16.4. The zero-order valence-corrected chi connectivity index (χ0v) is 11.4. The molecule has 1 heterocycles. The molecule has 2 aliphatic rings. The molecule has 1 amide bonds. The number of piperidine rings is 1. The van der Waals surface area contributed by atoms with E-state index in [4.69, 9.17) is 0 Å². The van der Waals surface area contributed by atoms with E-state index in [-0.39, 0.29) is 18.4 Å². The van der Waals surface area contributed by atoms with Crippen LogP contribution in [0.2, 0.25) is 0 Å². The number of nitrogens with one attached hydrogen (secondary N) is 2. The van der Waals surface area contributed by atoms with Gasteiger partial charge in [0.1, 0.15) is 0 Å². The van der Waals surface area contributed by atoms with Crippen LogP contribution in [0.5, 0.6) is 0 Å². The van der Waals surface area contributed by atoms with Crippen LogP contribution in [0.1, 0.15) is 44.9 Å². The summed E-state index contributed by atoms with van der Waals surface area (Å²) in [6.45, 7) is 1.98. The molecule has 1 saturated heterocycles. The SMILES string of the molecule is O=C(NCC1(C(=O)O)CCCCC1)[C@@H]1CCCNC1. The van der Waals surface area contributed by atoms with Crippen molar-refractivity contribution in [2.24, 2.45) is 11.3 Å². The smallest absolute Gasteiger partial charge is 0.311 e. The number of carboxylic acid groups (broad SMARTS) is 1. The lowest BCUT2D eigenvalue weighted by Crippen LogP contribution is -2.47. The van der Waals surface area contributed by atoms with Crippen LogP contribution in [0.15, 0.2) is 0 Å². The van der Waals surface area contributed by atoms with Gasteiger partial charge in [-0.25, -0.2) is 0 Å². The molecule has 5 heteroatoms. The fraction of sp³-hybridized carbons (Fsp3) is 0.857. The van der Waals surface area contributed by atoms with Crippen LogP contribution in [0, 0.1) is 11.3 Å². The Balaban J connectivity index is 1.87. The van der Waals surface area contributed by atoms with Gasteiger partial charge < -0.3 is 15.7 Å². The van der Waals surface area contributed by atoms with Crippen molar-refractivity contribution in [2.75, 3.05) is 19.6 Å². The van der Waals surface area contributed by atoms with E-state index in [1.807, 2.05) is 0 Å². The monoisotopic (exact) mass is 268 g/mol. The fourth-order valence-corrected chi connectivity index (χ4v) is 3.17. The molecule has 5 nitrogen and oxygen atoms in total. The molecule has 2 rings (SSSR count). The number of hydrogen-bond donors (Lipinski definition) is 3. The summed E-state index contributed by atoms with van der Waals surface area (Å²) in [7, 11) is 0. The Morgan fingerprint density at radius 3 is 2.53 bits per heavy atom. The third-order valence-electron chi connectivity index (χ3n) is 4.53. The average Bonchev–Trinajstić information content (AvgIpc) is 2.46. The van der Waals surface area contributed by atoms with Crippen LogP contribution in [0.25, 0.3) is 0 Å². The van der Waals surface area contributed by atoms with Crippen LogP contribution in [0.4, 0.5) is 0 Å². The molecule has 0 aromatic carbocycles. The summed E-state index contributed by atoms with van der Waals surface area (Å²) >= 11 is 0. The lowest BCUT2D eigenvalue weighted by molar-refractivity contribution is -0.151. The van der Waals surface area contributed by atoms with Crippen molar-refractivity contribution >= 4 is 11.9 Å². The zero-order chi connectivity index (χ0) is 13.7. The molecular weight excluding hydrogens is 244 g/mol. The standard InChI is InChI=1S/C14H24N2O3/c17-12(11-5-4-8-15-9-11)16-10-14(13(18)19)6-2-1-3-7-14/h11,15H,1-10H2,(H,16,17)(H,18,19)/t11-/m1/s1. The van der Waals surface area contributed by atoms with Crippen LogP contribution in [-0.4, -0.2) is 36.6 Å². The van der Waals surface area contributed by atoms with E-state index in [0.717, 1.165) is 38.6 Å². The Labute approximate surface area is 114 Å². The second-order valence-corrected chi connectivity index (χ2v) is 5.91. The molecule has 0 radical (unpaired) electrons. The summed E-state index contributed by atoms with van der Waals surface area (Å²) in [5.41, 5.74) is -0.726. The number of amides is 1. The molecular formula is C14H24N2O3. The van der Waals surface area contributed by atoms with Crippen LogP contribution < -0.4 is 10.6 Å². The van der Waals surface area contributed by atoms with E-state index >= 15 is 0 Å². The van der Waals surface area contributed by atoms with Crippen LogP contribution in [-0.2, 0) is 9.59 Å². The highest BCUT2D eigenvalue weighted by Crippen LogP contribution is 2.36. The Hall–Kier alpha value is -1.10. The molecule has 19 heavy (non-hydrogen) atoms. The zero-order valence-electron chi connectivity index (χ0n) is 11.4. The van der Waals surface area contributed by atoms with Crippen molar-refractivity contribution in [3.8, 4) is 0 Å². The lowest BCUT2D eigenvalue weighted by Gasteiger charge is -2.34. The number of carbonyl (C=O) groups excluding carboxylic acids is 1. The van der Waals surface area contributed by atoms with E-state index in [1.165, 1.54) is 0 Å². The minimum atomic E-state index is -0.755. The first-order valence-electron chi connectivity index (χ1n) is 7.36. The van der Waals surface area contributed by atoms with Gasteiger partial charge >= 0.3 is 5.97 Å². The van der Waals surface area contributed by atoms with Gasteiger partial charge in [0.15, 0.2) is 0 Å². The maximum absolute atomic E-state index is 12.1. The summed E-state index contributed by atoms with van der Waals surface area (Å²) in [6, 6.07) is 0. The predicted octanol–water partition coefficient (Wildman–Crippen LogP) is 1.14. The summed E-state index contributed by atoms with van der Waals surface area (Å²) in [4.78, 5) is 23.6. The van der Waals surface area contributed by atoms with Gasteiger partial charge in [0, 0.05) is 13.1 Å². The van der Waals surface area contributed by atoms with Gasteiger partial charge in [-0.05, 0) is 32.2 Å². The maximum Gasteiger partial charge on any atom is 0.311 e. The van der Waals surface area contributed by atoms with Crippen molar-refractivity contribution < 1.29 is 14.7 Å². The fourth-order valence-electron chi connectivity index (χ4n) is 3.17. The second-order valence-electron chi connectivity index (χ2n) is 5.91. The molecule has 0 aromatic heterocycles. The summed E-state index contributed by atoms with van der Waals surface area (Å²) < 4.78 is 0. The Bertz CT molecular complexity index is 332. The number of aliphatic carboxylic acids is 1. The molecule has 3 N–H and O–H groups in total. The molecule has 1 saturated carbocycles. The van der Waals surface area contributed by atoms with Gasteiger partial charge in [-0.15, -0.1) is 0 Å². The van der Waals surface area contributed by atoms with Crippen molar-refractivity contribution in [1.29, 1.82) is 0 Å². The molecule has 2 fully saturated rings. The van der Waals surface area contributed by atoms with E-state index in [9.17, 15) is 14.7 Å². The van der Waals surface area contributed by atoms with Gasteiger partial charge in [-0.2, -0.15) is 0 Å². The molecule has 0 aromatic rings. The molecule has 0 unspecified atom stereocenters. The van der Waals surface area contributed by atoms with E-state index in [2.05, 4.69) is 10.6 Å². The highest BCUT2D eigenvalue weighted by molar-refractivity contribution is 5.81. The highest BCUT2D eigenvalue weighted by Gasteiger charge is 2.40. The second kappa shape index (κ2) is 6.37. The molecule has 0 bridgehead atoms. The van der Waals surface area contributed by atoms with Crippen molar-refractivity contribution in [3.63, 3.8) is 0 Å². The summed E-state index contributed by atoms with van der Waals surface area (Å²) in [6.07, 6.45) is 6.30.